The fourth-order valence-electron chi connectivity index (χ4n) is 1.62. The zero-order valence-electron chi connectivity index (χ0n) is 8.73. The molecule has 5 nitrogen and oxygen atoms in total. The Morgan fingerprint density at radius 1 is 1.67 bits per heavy atom. The van der Waals surface area contributed by atoms with Crippen LogP contribution in [0, 0.1) is 0 Å². The molecule has 1 aliphatic rings. The van der Waals surface area contributed by atoms with E-state index in [1.807, 2.05) is 6.92 Å². The molecule has 0 radical (unpaired) electrons. The van der Waals surface area contributed by atoms with E-state index in [1.54, 1.807) is 18.0 Å². The van der Waals surface area contributed by atoms with Crippen LogP contribution in [0.1, 0.15) is 17.3 Å². The van der Waals surface area contributed by atoms with Crippen LogP contribution in [0.3, 0.4) is 0 Å². The predicted molar refractivity (Wildman–Crippen MR) is 55.7 cm³/mol. The number of aromatic nitrogens is 1. The average Bonchev–Trinajstić information content (AvgIpc) is 2.27. The molecule has 2 N–H and O–H groups in total. The van der Waals surface area contributed by atoms with Gasteiger partial charge in [-0.1, -0.05) is 0 Å². The summed E-state index contributed by atoms with van der Waals surface area (Å²) >= 11 is 0. The standard InChI is InChI=1S/C10H13N3O2/c1-6-5-13(2)10(14)8-3-7(11)4-12-9(8)15-6/h3-4,6H,5,11H2,1-2H3. The Kier molecular flexibility index (Phi) is 2.22. The number of rotatable bonds is 0. The third-order valence-corrected chi connectivity index (χ3v) is 2.29. The highest BCUT2D eigenvalue weighted by Gasteiger charge is 2.25. The van der Waals surface area contributed by atoms with E-state index in [0.29, 0.717) is 23.7 Å². The van der Waals surface area contributed by atoms with Gasteiger partial charge >= 0.3 is 0 Å². The highest BCUT2D eigenvalue weighted by molar-refractivity contribution is 5.97. The molecule has 2 heterocycles. The second-order valence-corrected chi connectivity index (χ2v) is 3.74. The number of nitrogens with zero attached hydrogens (tertiary/aromatic N) is 2. The molecule has 0 saturated heterocycles. The number of ether oxygens (including phenoxy) is 1. The van der Waals surface area contributed by atoms with Crippen LogP contribution >= 0.6 is 0 Å². The molecule has 1 atom stereocenters. The summed E-state index contributed by atoms with van der Waals surface area (Å²) in [5.74, 6) is 0.264. The summed E-state index contributed by atoms with van der Waals surface area (Å²) in [6, 6.07) is 1.60. The van der Waals surface area contributed by atoms with Crippen molar-refractivity contribution in [3.8, 4) is 5.88 Å². The van der Waals surface area contributed by atoms with Gasteiger partial charge in [0.05, 0.1) is 18.4 Å². The summed E-state index contributed by atoms with van der Waals surface area (Å²) < 4.78 is 5.52. The van der Waals surface area contributed by atoms with Crippen LogP contribution in [-0.2, 0) is 0 Å². The normalized spacial score (nSPS) is 20.5. The van der Waals surface area contributed by atoms with Gasteiger partial charge < -0.3 is 15.4 Å². The van der Waals surface area contributed by atoms with Gasteiger partial charge in [-0.25, -0.2) is 4.98 Å². The number of pyridine rings is 1. The number of carbonyl (C=O) groups is 1. The lowest BCUT2D eigenvalue weighted by atomic mass is 10.2. The molecular formula is C10H13N3O2. The highest BCUT2D eigenvalue weighted by Crippen LogP contribution is 2.23. The lowest BCUT2D eigenvalue weighted by Crippen LogP contribution is -2.32. The van der Waals surface area contributed by atoms with Crippen molar-refractivity contribution in [2.45, 2.75) is 13.0 Å². The first-order valence-corrected chi connectivity index (χ1v) is 4.75. The molecule has 2 rings (SSSR count). The summed E-state index contributed by atoms with van der Waals surface area (Å²) in [6.45, 7) is 2.45. The number of fused-ring (bicyclic) bond motifs is 1. The summed E-state index contributed by atoms with van der Waals surface area (Å²) in [5.41, 5.74) is 6.49. The molecular weight excluding hydrogens is 194 g/mol. The van der Waals surface area contributed by atoms with Gasteiger partial charge in [0, 0.05) is 7.05 Å². The zero-order chi connectivity index (χ0) is 11.0. The van der Waals surface area contributed by atoms with Crippen LogP contribution in [0.25, 0.3) is 0 Å². The second kappa shape index (κ2) is 3.42. The third-order valence-electron chi connectivity index (χ3n) is 2.29. The summed E-state index contributed by atoms with van der Waals surface area (Å²) in [6.07, 6.45) is 1.43. The lowest BCUT2D eigenvalue weighted by molar-refractivity contribution is 0.0769. The van der Waals surface area contributed by atoms with Crippen LogP contribution < -0.4 is 10.5 Å². The zero-order valence-corrected chi connectivity index (χ0v) is 8.73. The van der Waals surface area contributed by atoms with Crippen molar-refractivity contribution in [3.05, 3.63) is 17.8 Å². The minimum absolute atomic E-state index is 0.0590. The fourth-order valence-corrected chi connectivity index (χ4v) is 1.62. The van der Waals surface area contributed by atoms with E-state index in [-0.39, 0.29) is 12.0 Å². The van der Waals surface area contributed by atoms with Crippen molar-refractivity contribution in [2.24, 2.45) is 0 Å². The van der Waals surface area contributed by atoms with E-state index in [0.717, 1.165) is 0 Å². The molecule has 15 heavy (non-hydrogen) atoms. The van der Waals surface area contributed by atoms with Crippen LogP contribution in [-0.4, -0.2) is 35.5 Å². The van der Waals surface area contributed by atoms with Crippen molar-refractivity contribution < 1.29 is 9.53 Å². The van der Waals surface area contributed by atoms with Crippen LogP contribution in [0.4, 0.5) is 5.69 Å². The highest BCUT2D eigenvalue weighted by atomic mass is 16.5. The SMILES string of the molecule is CC1CN(C)C(=O)c2cc(N)cnc2O1. The number of hydrogen-bond acceptors (Lipinski definition) is 4. The van der Waals surface area contributed by atoms with E-state index in [4.69, 9.17) is 10.5 Å². The van der Waals surface area contributed by atoms with Crippen molar-refractivity contribution >= 4 is 11.6 Å². The molecule has 1 amide bonds. The van der Waals surface area contributed by atoms with Crippen molar-refractivity contribution in [2.75, 3.05) is 19.3 Å². The van der Waals surface area contributed by atoms with Gasteiger partial charge in [-0.2, -0.15) is 0 Å². The Labute approximate surface area is 87.8 Å². The van der Waals surface area contributed by atoms with Gasteiger partial charge in [-0.05, 0) is 13.0 Å². The molecule has 1 unspecified atom stereocenters. The number of nitrogens with two attached hydrogens (primary N) is 1. The Morgan fingerprint density at radius 3 is 3.13 bits per heavy atom. The molecule has 5 heteroatoms. The minimum atomic E-state index is -0.103. The monoisotopic (exact) mass is 207 g/mol. The quantitative estimate of drug-likeness (QED) is 0.673. The van der Waals surface area contributed by atoms with Gasteiger partial charge in [-0.3, -0.25) is 4.79 Å². The van der Waals surface area contributed by atoms with E-state index in [1.165, 1.54) is 6.20 Å². The average molecular weight is 207 g/mol. The van der Waals surface area contributed by atoms with Crippen LogP contribution in [0.15, 0.2) is 12.3 Å². The molecule has 80 valence electrons. The molecule has 1 aromatic rings. The maximum Gasteiger partial charge on any atom is 0.259 e. The van der Waals surface area contributed by atoms with Gasteiger partial charge in [0.15, 0.2) is 0 Å². The van der Waals surface area contributed by atoms with Gasteiger partial charge in [0.25, 0.3) is 5.91 Å². The van der Waals surface area contributed by atoms with Gasteiger partial charge in [0.1, 0.15) is 11.7 Å². The number of hydrogen-bond donors (Lipinski definition) is 1. The number of nitrogen functional groups attached to an aromatic ring is 1. The maximum atomic E-state index is 11.9. The molecule has 0 aromatic carbocycles. The van der Waals surface area contributed by atoms with Crippen molar-refractivity contribution in [1.82, 2.24) is 9.88 Å². The Hall–Kier alpha value is -1.78. The number of likely N-dealkylation sites (N-methyl/N-ethyl adjacent to an activating group) is 1. The number of carbonyl (C=O) groups excluding carboxylic acids is 1. The van der Waals surface area contributed by atoms with Crippen molar-refractivity contribution in [3.63, 3.8) is 0 Å². The smallest absolute Gasteiger partial charge is 0.259 e. The topological polar surface area (TPSA) is 68.5 Å². The summed E-state index contributed by atoms with van der Waals surface area (Å²) in [7, 11) is 1.74. The molecule has 0 aliphatic carbocycles. The molecule has 0 spiro atoms. The van der Waals surface area contributed by atoms with E-state index < -0.39 is 0 Å². The Bertz CT molecular complexity index is 406. The first-order chi connectivity index (χ1) is 7.08. The molecule has 0 fully saturated rings. The predicted octanol–water partition coefficient (Wildman–Crippen LogP) is 0.517. The minimum Gasteiger partial charge on any atom is -0.472 e. The third kappa shape index (κ3) is 1.72. The number of anilines is 1. The molecule has 1 aromatic heterocycles. The van der Waals surface area contributed by atoms with Gasteiger partial charge in [0.2, 0.25) is 5.88 Å². The fraction of sp³-hybridized carbons (Fsp3) is 0.400. The summed E-state index contributed by atoms with van der Waals surface area (Å²) in [4.78, 5) is 17.5. The first kappa shape index (κ1) is 9.76. The molecule has 0 saturated carbocycles. The summed E-state index contributed by atoms with van der Waals surface area (Å²) in [5, 5.41) is 0. The lowest BCUT2D eigenvalue weighted by Gasteiger charge is -2.15. The van der Waals surface area contributed by atoms with Crippen molar-refractivity contribution in [1.29, 1.82) is 0 Å². The van der Waals surface area contributed by atoms with E-state index in [2.05, 4.69) is 4.98 Å². The van der Waals surface area contributed by atoms with Crippen LogP contribution in [0.5, 0.6) is 5.88 Å². The van der Waals surface area contributed by atoms with E-state index in [9.17, 15) is 4.79 Å². The van der Waals surface area contributed by atoms with E-state index >= 15 is 0 Å². The molecule has 0 bridgehead atoms. The van der Waals surface area contributed by atoms with Gasteiger partial charge in [-0.15, -0.1) is 0 Å². The first-order valence-electron chi connectivity index (χ1n) is 4.75. The Balaban J connectivity index is 2.50. The Morgan fingerprint density at radius 2 is 2.40 bits per heavy atom. The number of amides is 1. The van der Waals surface area contributed by atoms with Crippen LogP contribution in [0.2, 0.25) is 0 Å². The molecule has 1 aliphatic heterocycles. The largest absolute Gasteiger partial charge is 0.472 e. The maximum absolute atomic E-state index is 11.9. The second-order valence-electron chi connectivity index (χ2n) is 3.74.